The Labute approximate surface area is 189 Å². The number of nitrogens with one attached hydrogen (secondary N) is 2. The van der Waals surface area contributed by atoms with Crippen LogP contribution < -0.4 is 21.1 Å². The van der Waals surface area contributed by atoms with Crippen LogP contribution in [0.25, 0.3) is 5.70 Å². The number of para-hydroxylation sites is 2. The number of nitrogen functional groups attached to an aromatic ring is 1. The van der Waals surface area contributed by atoms with Crippen molar-refractivity contribution in [3.05, 3.63) is 96.1 Å². The van der Waals surface area contributed by atoms with Gasteiger partial charge in [-0.15, -0.1) is 0 Å². The lowest BCUT2D eigenvalue weighted by atomic mass is 10.1. The standard InChI is InChI=1S/C26H29N3O3/c1-4-31-23-15-13-22(14-16-23)19(3)29-26(30)32-17-20-9-11-21(12-10-20)18(2)28-25-8-6-5-7-24(25)27/h5-16,19,28H,2,4,17,27H2,1,3H3,(H,29,30)/t19-/m0/s1. The van der Waals surface area contributed by atoms with E-state index in [1.165, 1.54) is 0 Å². The van der Waals surface area contributed by atoms with Crippen molar-refractivity contribution >= 4 is 23.2 Å². The summed E-state index contributed by atoms with van der Waals surface area (Å²) in [7, 11) is 0. The van der Waals surface area contributed by atoms with Gasteiger partial charge in [0.05, 0.1) is 24.0 Å². The third-order valence-electron chi connectivity index (χ3n) is 4.94. The van der Waals surface area contributed by atoms with Crippen LogP contribution in [-0.2, 0) is 11.3 Å². The van der Waals surface area contributed by atoms with Gasteiger partial charge in [0.2, 0.25) is 0 Å². The number of carbonyl (C=O) groups excluding carboxylic acids is 1. The first-order valence-corrected chi connectivity index (χ1v) is 10.5. The molecule has 3 aromatic carbocycles. The molecule has 6 nitrogen and oxygen atoms in total. The number of amides is 1. The third kappa shape index (κ3) is 6.28. The minimum Gasteiger partial charge on any atom is -0.494 e. The molecule has 0 fully saturated rings. The number of alkyl carbamates (subject to hydrolysis) is 1. The number of nitrogens with two attached hydrogens (primary N) is 1. The molecule has 3 rings (SSSR count). The molecule has 0 aliphatic heterocycles. The van der Waals surface area contributed by atoms with Crippen LogP contribution in [0.1, 0.15) is 36.6 Å². The fourth-order valence-electron chi connectivity index (χ4n) is 3.12. The first-order chi connectivity index (χ1) is 15.5. The maximum Gasteiger partial charge on any atom is 0.407 e. The molecular formula is C26H29N3O3. The largest absolute Gasteiger partial charge is 0.494 e. The summed E-state index contributed by atoms with van der Waals surface area (Å²) in [4.78, 5) is 12.2. The van der Waals surface area contributed by atoms with Gasteiger partial charge in [0, 0.05) is 5.70 Å². The number of ether oxygens (including phenoxy) is 2. The van der Waals surface area contributed by atoms with E-state index in [0.29, 0.717) is 12.3 Å². The van der Waals surface area contributed by atoms with Gasteiger partial charge < -0.3 is 25.8 Å². The first-order valence-electron chi connectivity index (χ1n) is 10.5. The average Bonchev–Trinajstić information content (AvgIpc) is 2.80. The van der Waals surface area contributed by atoms with E-state index in [4.69, 9.17) is 15.2 Å². The zero-order chi connectivity index (χ0) is 22.9. The molecule has 0 saturated heterocycles. The second-order valence-electron chi connectivity index (χ2n) is 7.33. The monoisotopic (exact) mass is 431 g/mol. The second-order valence-corrected chi connectivity index (χ2v) is 7.33. The Morgan fingerprint density at radius 3 is 2.38 bits per heavy atom. The van der Waals surface area contributed by atoms with Crippen LogP contribution in [0.4, 0.5) is 16.2 Å². The number of carbonyl (C=O) groups is 1. The van der Waals surface area contributed by atoms with Crippen molar-refractivity contribution in [1.29, 1.82) is 0 Å². The Morgan fingerprint density at radius 2 is 1.72 bits per heavy atom. The van der Waals surface area contributed by atoms with Crippen molar-refractivity contribution in [1.82, 2.24) is 5.32 Å². The lowest BCUT2D eigenvalue weighted by molar-refractivity contribution is 0.136. The molecule has 3 aromatic rings. The molecule has 0 aliphatic carbocycles. The molecule has 0 unspecified atom stereocenters. The number of hydrogen-bond donors (Lipinski definition) is 3. The molecule has 32 heavy (non-hydrogen) atoms. The summed E-state index contributed by atoms with van der Waals surface area (Å²) in [6.07, 6.45) is -0.471. The number of rotatable bonds is 9. The summed E-state index contributed by atoms with van der Waals surface area (Å²) >= 11 is 0. The van der Waals surface area contributed by atoms with Gasteiger partial charge in [-0.25, -0.2) is 4.79 Å². The van der Waals surface area contributed by atoms with Gasteiger partial charge in [-0.05, 0) is 54.8 Å². The molecule has 0 radical (unpaired) electrons. The summed E-state index contributed by atoms with van der Waals surface area (Å²) in [6.45, 7) is 8.71. The van der Waals surface area contributed by atoms with Crippen LogP contribution >= 0.6 is 0 Å². The molecule has 166 valence electrons. The van der Waals surface area contributed by atoms with Crippen LogP contribution in [0, 0.1) is 0 Å². The van der Waals surface area contributed by atoms with Crippen LogP contribution in [0.5, 0.6) is 5.75 Å². The zero-order valence-corrected chi connectivity index (χ0v) is 18.4. The highest BCUT2D eigenvalue weighted by molar-refractivity contribution is 5.80. The predicted octanol–water partition coefficient (Wildman–Crippen LogP) is 5.74. The molecule has 6 heteroatoms. The van der Waals surface area contributed by atoms with Gasteiger partial charge in [-0.3, -0.25) is 0 Å². The van der Waals surface area contributed by atoms with E-state index >= 15 is 0 Å². The third-order valence-corrected chi connectivity index (χ3v) is 4.94. The molecule has 4 N–H and O–H groups in total. The van der Waals surface area contributed by atoms with Crippen molar-refractivity contribution < 1.29 is 14.3 Å². The molecule has 0 heterocycles. The van der Waals surface area contributed by atoms with E-state index in [1.807, 2.05) is 86.6 Å². The highest BCUT2D eigenvalue weighted by atomic mass is 16.5. The predicted molar refractivity (Wildman–Crippen MR) is 129 cm³/mol. The van der Waals surface area contributed by atoms with Crippen molar-refractivity contribution in [3.63, 3.8) is 0 Å². The lowest BCUT2D eigenvalue weighted by Crippen LogP contribution is -2.27. The Morgan fingerprint density at radius 1 is 1.03 bits per heavy atom. The van der Waals surface area contributed by atoms with Crippen molar-refractivity contribution in [2.24, 2.45) is 0 Å². The molecule has 0 bridgehead atoms. The Kier molecular flexibility index (Phi) is 7.75. The molecule has 0 aliphatic rings. The molecule has 0 saturated carbocycles. The Bertz CT molecular complexity index is 1050. The zero-order valence-electron chi connectivity index (χ0n) is 18.4. The summed E-state index contributed by atoms with van der Waals surface area (Å²) < 4.78 is 10.8. The smallest absolute Gasteiger partial charge is 0.407 e. The van der Waals surface area contributed by atoms with E-state index in [0.717, 1.165) is 33.8 Å². The van der Waals surface area contributed by atoms with E-state index in [1.54, 1.807) is 0 Å². The number of benzene rings is 3. The highest BCUT2D eigenvalue weighted by Gasteiger charge is 2.11. The molecular weight excluding hydrogens is 402 g/mol. The number of anilines is 2. The summed E-state index contributed by atoms with van der Waals surface area (Å²) in [5.41, 5.74) is 10.9. The van der Waals surface area contributed by atoms with E-state index in [2.05, 4.69) is 17.2 Å². The summed E-state index contributed by atoms with van der Waals surface area (Å²) in [5.74, 6) is 0.805. The topological polar surface area (TPSA) is 85.6 Å². The van der Waals surface area contributed by atoms with Gasteiger partial charge in [-0.2, -0.15) is 0 Å². The quantitative estimate of drug-likeness (QED) is 0.376. The SMILES string of the molecule is C=C(Nc1ccccc1N)c1ccc(COC(=O)N[C@@H](C)c2ccc(OCC)cc2)cc1. The summed E-state index contributed by atoms with van der Waals surface area (Å²) in [5, 5.41) is 6.06. The Hall–Kier alpha value is -3.93. The average molecular weight is 432 g/mol. The first kappa shape index (κ1) is 22.7. The van der Waals surface area contributed by atoms with E-state index in [9.17, 15) is 4.79 Å². The second kappa shape index (κ2) is 10.9. The number of hydrogen-bond acceptors (Lipinski definition) is 5. The maximum absolute atomic E-state index is 12.2. The summed E-state index contributed by atoms with van der Waals surface area (Å²) in [6, 6.07) is 22.6. The molecule has 0 spiro atoms. The van der Waals surface area contributed by atoms with Crippen LogP contribution in [0.15, 0.2) is 79.4 Å². The van der Waals surface area contributed by atoms with Crippen LogP contribution in [0.3, 0.4) is 0 Å². The van der Waals surface area contributed by atoms with Gasteiger partial charge in [0.1, 0.15) is 12.4 Å². The van der Waals surface area contributed by atoms with Crippen molar-refractivity contribution in [2.45, 2.75) is 26.5 Å². The Balaban J connectivity index is 1.48. The molecule has 1 atom stereocenters. The van der Waals surface area contributed by atoms with Crippen LogP contribution in [-0.4, -0.2) is 12.7 Å². The van der Waals surface area contributed by atoms with Gasteiger partial charge in [-0.1, -0.05) is 55.1 Å². The fraction of sp³-hybridized carbons (Fsp3) is 0.192. The van der Waals surface area contributed by atoms with E-state index in [-0.39, 0.29) is 12.6 Å². The molecule has 0 aromatic heterocycles. The minimum absolute atomic E-state index is 0.174. The highest BCUT2D eigenvalue weighted by Crippen LogP contribution is 2.23. The maximum atomic E-state index is 12.2. The normalized spacial score (nSPS) is 11.3. The van der Waals surface area contributed by atoms with Gasteiger partial charge >= 0.3 is 6.09 Å². The van der Waals surface area contributed by atoms with Crippen molar-refractivity contribution in [3.8, 4) is 5.75 Å². The van der Waals surface area contributed by atoms with Crippen molar-refractivity contribution in [2.75, 3.05) is 17.7 Å². The molecule has 1 amide bonds. The lowest BCUT2D eigenvalue weighted by Gasteiger charge is -2.15. The van der Waals surface area contributed by atoms with Gasteiger partial charge in [0.25, 0.3) is 0 Å². The van der Waals surface area contributed by atoms with E-state index < -0.39 is 6.09 Å². The van der Waals surface area contributed by atoms with Gasteiger partial charge in [0.15, 0.2) is 0 Å². The minimum atomic E-state index is -0.471. The van der Waals surface area contributed by atoms with Crippen LogP contribution in [0.2, 0.25) is 0 Å². The fourth-order valence-corrected chi connectivity index (χ4v) is 3.12.